The van der Waals surface area contributed by atoms with E-state index in [1.807, 2.05) is 41.9 Å². The van der Waals surface area contributed by atoms with Crippen LogP contribution in [0.2, 0.25) is 0 Å². The van der Waals surface area contributed by atoms with E-state index in [0.717, 1.165) is 43.0 Å². The van der Waals surface area contributed by atoms with Crippen molar-refractivity contribution in [1.29, 1.82) is 0 Å². The third kappa shape index (κ3) is 2.49. The van der Waals surface area contributed by atoms with E-state index >= 15 is 0 Å². The maximum absolute atomic E-state index is 11.5. The molecule has 0 aliphatic carbocycles. The molecule has 0 amide bonds. The third-order valence-corrected chi connectivity index (χ3v) is 3.83. The van der Waals surface area contributed by atoms with Gasteiger partial charge in [0.2, 0.25) is 0 Å². The largest absolute Gasteiger partial charge is 0.352 e. The first-order valence-electron chi connectivity index (χ1n) is 7.21. The highest BCUT2D eigenvalue weighted by atomic mass is 16.1. The van der Waals surface area contributed by atoms with Crippen LogP contribution >= 0.6 is 0 Å². The summed E-state index contributed by atoms with van der Waals surface area (Å²) in [6.07, 6.45) is 4.18. The summed E-state index contributed by atoms with van der Waals surface area (Å²) >= 11 is 0. The van der Waals surface area contributed by atoms with Gasteiger partial charge in [-0.3, -0.25) is 4.79 Å². The number of aromatic nitrogens is 2. The fraction of sp³-hybridized carbons (Fsp3) is 0.294. The lowest BCUT2D eigenvalue weighted by Gasteiger charge is -2.29. The van der Waals surface area contributed by atoms with E-state index in [1.165, 1.54) is 5.57 Å². The first kappa shape index (κ1) is 13.6. The number of hydrogen-bond acceptors (Lipinski definition) is 3. The molecule has 0 unspecified atom stereocenters. The standard InChI is InChI=1S/C17H19N3O/c1-13-7-6-10-19(11-13)17-16(12-21)14(2)18-20(17)15-8-4-3-5-9-15/h3-5,7-9,12H,6,10-11H2,1-2H3. The SMILES string of the molecule is CC1=CCCN(c2c(C=O)c(C)nn2-c2ccccc2)C1. The fourth-order valence-corrected chi connectivity index (χ4v) is 2.81. The van der Waals surface area contributed by atoms with Gasteiger partial charge in [-0.1, -0.05) is 29.8 Å². The molecule has 3 rings (SSSR count). The van der Waals surface area contributed by atoms with Gasteiger partial charge in [0.05, 0.1) is 16.9 Å². The van der Waals surface area contributed by atoms with Crippen molar-refractivity contribution in [3.05, 3.63) is 53.2 Å². The highest BCUT2D eigenvalue weighted by Gasteiger charge is 2.22. The van der Waals surface area contributed by atoms with Crippen molar-refractivity contribution in [1.82, 2.24) is 9.78 Å². The molecular formula is C17H19N3O. The lowest BCUT2D eigenvalue weighted by molar-refractivity contribution is 0.112. The van der Waals surface area contributed by atoms with Gasteiger partial charge in [0.15, 0.2) is 6.29 Å². The van der Waals surface area contributed by atoms with Crippen LogP contribution in [0.5, 0.6) is 0 Å². The number of nitrogens with zero attached hydrogens (tertiary/aromatic N) is 3. The number of carbonyl (C=O) groups excluding carboxylic acids is 1. The summed E-state index contributed by atoms with van der Waals surface area (Å²) in [6.45, 7) is 5.77. The topological polar surface area (TPSA) is 38.1 Å². The Labute approximate surface area is 124 Å². The van der Waals surface area contributed by atoms with E-state index in [2.05, 4.69) is 23.0 Å². The Morgan fingerprint density at radius 1 is 1.19 bits per heavy atom. The van der Waals surface area contributed by atoms with E-state index in [0.29, 0.717) is 5.56 Å². The third-order valence-electron chi connectivity index (χ3n) is 3.83. The minimum Gasteiger partial charge on any atom is -0.352 e. The molecule has 0 saturated carbocycles. The first-order valence-corrected chi connectivity index (χ1v) is 7.21. The van der Waals surface area contributed by atoms with Crippen LogP contribution in [0.4, 0.5) is 5.82 Å². The van der Waals surface area contributed by atoms with Crippen LogP contribution in [0, 0.1) is 6.92 Å². The number of aldehydes is 1. The van der Waals surface area contributed by atoms with E-state index in [-0.39, 0.29) is 0 Å². The molecule has 0 saturated heterocycles. The number of para-hydroxylation sites is 1. The minimum atomic E-state index is 0.688. The van der Waals surface area contributed by atoms with Crippen LogP contribution in [-0.2, 0) is 0 Å². The summed E-state index contributed by atoms with van der Waals surface area (Å²) in [7, 11) is 0. The molecule has 2 heterocycles. The number of hydrogen-bond donors (Lipinski definition) is 0. The van der Waals surface area contributed by atoms with Gasteiger partial charge in [0, 0.05) is 13.1 Å². The number of rotatable bonds is 3. The van der Waals surface area contributed by atoms with Crippen molar-refractivity contribution in [2.24, 2.45) is 0 Å². The molecule has 1 aliphatic heterocycles. The molecule has 21 heavy (non-hydrogen) atoms. The van der Waals surface area contributed by atoms with Crippen LogP contribution in [0.1, 0.15) is 29.4 Å². The summed E-state index contributed by atoms with van der Waals surface area (Å²) in [6, 6.07) is 9.97. The number of aryl methyl sites for hydroxylation is 1. The average Bonchev–Trinajstić information content (AvgIpc) is 2.85. The number of anilines is 1. The molecule has 0 spiro atoms. The maximum Gasteiger partial charge on any atom is 0.155 e. The maximum atomic E-state index is 11.5. The van der Waals surface area contributed by atoms with Gasteiger partial charge in [0.25, 0.3) is 0 Å². The van der Waals surface area contributed by atoms with Gasteiger partial charge in [-0.05, 0) is 32.4 Å². The van der Waals surface area contributed by atoms with Crippen LogP contribution in [0.3, 0.4) is 0 Å². The normalized spacial score (nSPS) is 15.0. The zero-order valence-corrected chi connectivity index (χ0v) is 12.4. The Balaban J connectivity index is 2.13. The average molecular weight is 281 g/mol. The monoisotopic (exact) mass is 281 g/mol. The van der Waals surface area contributed by atoms with E-state index in [1.54, 1.807) is 0 Å². The second-order valence-corrected chi connectivity index (χ2v) is 5.45. The van der Waals surface area contributed by atoms with Gasteiger partial charge in [-0.15, -0.1) is 0 Å². The zero-order chi connectivity index (χ0) is 14.8. The van der Waals surface area contributed by atoms with Gasteiger partial charge in [-0.25, -0.2) is 4.68 Å². The second kappa shape index (κ2) is 5.56. The summed E-state index contributed by atoms with van der Waals surface area (Å²) < 4.78 is 1.89. The molecule has 4 heteroatoms. The molecular weight excluding hydrogens is 262 g/mol. The molecule has 1 aromatic heterocycles. The van der Waals surface area contributed by atoms with Crippen LogP contribution in [0.25, 0.3) is 5.69 Å². The van der Waals surface area contributed by atoms with Crippen molar-refractivity contribution in [3.63, 3.8) is 0 Å². The molecule has 1 aromatic carbocycles. The highest BCUT2D eigenvalue weighted by molar-refractivity contribution is 5.85. The van der Waals surface area contributed by atoms with Crippen LogP contribution in [0.15, 0.2) is 42.0 Å². The molecule has 0 fully saturated rings. The summed E-state index contributed by atoms with van der Waals surface area (Å²) in [5.41, 5.74) is 3.78. The predicted octanol–water partition coefficient (Wildman–Crippen LogP) is 3.15. The smallest absolute Gasteiger partial charge is 0.155 e. The lowest BCUT2D eigenvalue weighted by atomic mass is 10.1. The first-order chi connectivity index (χ1) is 10.2. The Morgan fingerprint density at radius 3 is 2.62 bits per heavy atom. The molecule has 1 aliphatic rings. The summed E-state index contributed by atoms with van der Waals surface area (Å²) in [5.74, 6) is 0.904. The molecule has 108 valence electrons. The van der Waals surface area contributed by atoms with Gasteiger partial charge < -0.3 is 4.90 Å². The van der Waals surface area contributed by atoms with Gasteiger partial charge in [-0.2, -0.15) is 5.10 Å². The van der Waals surface area contributed by atoms with E-state index < -0.39 is 0 Å². The quantitative estimate of drug-likeness (QED) is 0.641. The van der Waals surface area contributed by atoms with Crippen molar-refractivity contribution in [2.75, 3.05) is 18.0 Å². The molecule has 0 atom stereocenters. The fourth-order valence-electron chi connectivity index (χ4n) is 2.81. The number of benzene rings is 1. The van der Waals surface area contributed by atoms with Gasteiger partial charge >= 0.3 is 0 Å². The Bertz CT molecular complexity index is 686. The van der Waals surface area contributed by atoms with Crippen molar-refractivity contribution < 1.29 is 4.79 Å². The highest BCUT2D eigenvalue weighted by Crippen LogP contribution is 2.28. The van der Waals surface area contributed by atoms with Crippen LogP contribution in [-0.4, -0.2) is 29.2 Å². The summed E-state index contributed by atoms with van der Waals surface area (Å²) in [4.78, 5) is 13.8. The second-order valence-electron chi connectivity index (χ2n) is 5.45. The lowest BCUT2D eigenvalue weighted by Crippen LogP contribution is -2.31. The molecule has 0 N–H and O–H groups in total. The Kier molecular flexibility index (Phi) is 3.60. The molecule has 0 radical (unpaired) electrons. The van der Waals surface area contributed by atoms with Crippen molar-refractivity contribution >= 4 is 12.1 Å². The predicted molar refractivity (Wildman–Crippen MR) is 84.3 cm³/mol. The molecule has 4 nitrogen and oxygen atoms in total. The minimum absolute atomic E-state index is 0.688. The van der Waals surface area contributed by atoms with Crippen molar-refractivity contribution in [2.45, 2.75) is 20.3 Å². The molecule has 0 bridgehead atoms. The van der Waals surface area contributed by atoms with E-state index in [4.69, 9.17) is 0 Å². The Morgan fingerprint density at radius 2 is 1.95 bits per heavy atom. The van der Waals surface area contributed by atoms with E-state index in [9.17, 15) is 4.79 Å². The molecule has 2 aromatic rings. The van der Waals surface area contributed by atoms with Gasteiger partial charge in [0.1, 0.15) is 5.82 Å². The Hall–Kier alpha value is -2.36. The van der Waals surface area contributed by atoms with Crippen LogP contribution < -0.4 is 4.90 Å². The number of carbonyl (C=O) groups is 1. The summed E-state index contributed by atoms with van der Waals surface area (Å²) in [5, 5.41) is 4.58. The zero-order valence-electron chi connectivity index (χ0n) is 12.4. The van der Waals surface area contributed by atoms with Crippen molar-refractivity contribution in [3.8, 4) is 5.69 Å².